The molecule has 5 rings (SSSR count). The van der Waals surface area contributed by atoms with E-state index in [1.54, 1.807) is 4.90 Å². The Balaban J connectivity index is 1.60. The highest BCUT2D eigenvalue weighted by Gasteiger charge is 2.53. The van der Waals surface area contributed by atoms with Crippen molar-refractivity contribution in [2.45, 2.75) is 43.9 Å². The fourth-order valence-corrected chi connectivity index (χ4v) is 5.32. The smallest absolute Gasteiger partial charge is 0.274 e. The summed E-state index contributed by atoms with van der Waals surface area (Å²) >= 11 is 0. The maximum atomic E-state index is 13.9. The number of aromatic hydroxyl groups is 1. The number of nitrogens with one attached hydrogen (secondary N) is 1. The Bertz CT molecular complexity index is 1230. The van der Waals surface area contributed by atoms with E-state index < -0.39 is 51.8 Å². The summed E-state index contributed by atoms with van der Waals surface area (Å²) in [6.07, 6.45) is 1.19. The summed E-state index contributed by atoms with van der Waals surface area (Å²) in [7, 11) is 0. The minimum Gasteiger partial charge on any atom is -0.503 e. The van der Waals surface area contributed by atoms with Crippen molar-refractivity contribution >= 4 is 11.8 Å². The van der Waals surface area contributed by atoms with Gasteiger partial charge in [0.05, 0.1) is 17.3 Å². The number of aromatic nitrogens is 1. The molecule has 2 atom stereocenters. The number of aliphatic hydroxyl groups excluding tert-OH is 1. The Morgan fingerprint density at radius 2 is 2.03 bits per heavy atom. The highest BCUT2D eigenvalue weighted by Crippen LogP contribution is 2.49. The quantitative estimate of drug-likeness (QED) is 0.664. The van der Waals surface area contributed by atoms with Crippen LogP contribution in [0.25, 0.3) is 0 Å². The predicted molar refractivity (Wildman–Crippen MR) is 107 cm³/mol. The third-order valence-electron chi connectivity index (χ3n) is 6.73. The van der Waals surface area contributed by atoms with Gasteiger partial charge < -0.3 is 25.0 Å². The Kier molecular flexibility index (Phi) is 4.59. The van der Waals surface area contributed by atoms with Crippen molar-refractivity contribution < 1.29 is 28.6 Å². The number of hydrogen-bond donors (Lipinski definition) is 3. The Hall–Kier alpha value is -3.27. The van der Waals surface area contributed by atoms with E-state index in [9.17, 15) is 33.4 Å². The number of hydrogen-bond acceptors (Lipinski definition) is 5. The lowest BCUT2D eigenvalue weighted by molar-refractivity contribution is 0.0549. The average Bonchev–Trinajstić information content (AvgIpc) is 2.90. The van der Waals surface area contributed by atoms with Crippen molar-refractivity contribution in [1.29, 1.82) is 0 Å². The minimum absolute atomic E-state index is 0.00469. The normalized spacial score (nSPS) is 23.7. The number of benzene rings is 1. The summed E-state index contributed by atoms with van der Waals surface area (Å²) in [5, 5.41) is 23.9. The highest BCUT2D eigenvalue weighted by molar-refractivity contribution is 6.00. The molecule has 10 heteroatoms. The molecule has 1 spiro atoms. The molecule has 168 valence electrons. The number of carbonyl (C=O) groups is 2. The van der Waals surface area contributed by atoms with Gasteiger partial charge in [0.25, 0.3) is 11.8 Å². The van der Waals surface area contributed by atoms with Gasteiger partial charge in [0, 0.05) is 37.7 Å². The molecule has 1 saturated heterocycles. The Labute approximate surface area is 181 Å². The fraction of sp³-hybridized carbons (Fsp3) is 0.409. The third kappa shape index (κ3) is 2.85. The lowest BCUT2D eigenvalue weighted by Crippen LogP contribution is -2.52. The number of amides is 2. The van der Waals surface area contributed by atoms with Gasteiger partial charge in [-0.1, -0.05) is 6.07 Å². The molecule has 0 radical (unpaired) electrons. The second kappa shape index (κ2) is 7.13. The van der Waals surface area contributed by atoms with Crippen LogP contribution in [0.15, 0.2) is 23.0 Å². The number of pyridine rings is 1. The van der Waals surface area contributed by atoms with Crippen LogP contribution in [-0.4, -0.2) is 44.6 Å². The molecule has 3 N–H and O–H groups in total. The summed E-state index contributed by atoms with van der Waals surface area (Å²) < 4.78 is 28.5. The zero-order valence-electron chi connectivity index (χ0n) is 17.0. The van der Waals surface area contributed by atoms with Gasteiger partial charge in [-0.05, 0) is 25.3 Å². The summed E-state index contributed by atoms with van der Waals surface area (Å²) in [6, 6.07) is 2.89. The molecule has 2 amide bonds. The molecule has 1 aromatic carbocycles. The van der Waals surface area contributed by atoms with Crippen molar-refractivity contribution in [3.63, 3.8) is 0 Å². The summed E-state index contributed by atoms with van der Waals surface area (Å²) in [4.78, 5) is 40.5. The molecule has 0 saturated carbocycles. The molecule has 1 aromatic heterocycles. The zero-order chi connectivity index (χ0) is 22.8. The molecule has 2 bridgehead atoms. The van der Waals surface area contributed by atoms with Crippen LogP contribution in [0.1, 0.15) is 63.9 Å². The highest BCUT2D eigenvalue weighted by atomic mass is 19.1. The van der Waals surface area contributed by atoms with Crippen LogP contribution in [0.2, 0.25) is 0 Å². The second-order valence-corrected chi connectivity index (χ2v) is 8.67. The van der Waals surface area contributed by atoms with Gasteiger partial charge in [0.1, 0.15) is 17.2 Å². The Morgan fingerprint density at radius 3 is 2.78 bits per heavy atom. The monoisotopic (exact) mass is 445 g/mol. The van der Waals surface area contributed by atoms with E-state index in [1.165, 1.54) is 10.6 Å². The lowest BCUT2D eigenvalue weighted by Gasteiger charge is -2.41. The summed E-state index contributed by atoms with van der Waals surface area (Å²) in [5.41, 5.74) is -2.44. The number of carbonyl (C=O) groups excluding carboxylic acids is 2. The number of nitrogens with zero attached hydrogens (tertiary/aromatic N) is 2. The molecule has 0 aliphatic carbocycles. The van der Waals surface area contributed by atoms with Crippen LogP contribution in [-0.2, 0) is 12.1 Å². The lowest BCUT2D eigenvalue weighted by atomic mass is 9.88. The standard InChI is InChI=1S/C22H21F2N3O5/c23-12-4-3-11(13(24)7-12)9-25-20(31)15-16-14(28)8-22-5-1-2-6-26(10-22)21(32)17(27(16)22)19(30)18(15)29/h3-4,7,14,28,30H,1-2,5-6,8-10H2,(H,25,31)/t14-,22+/m1/s1. The first-order chi connectivity index (χ1) is 15.2. The van der Waals surface area contributed by atoms with Gasteiger partial charge in [0.2, 0.25) is 5.43 Å². The average molecular weight is 445 g/mol. The first-order valence-electron chi connectivity index (χ1n) is 10.5. The van der Waals surface area contributed by atoms with Gasteiger partial charge in [-0.15, -0.1) is 0 Å². The molecule has 32 heavy (non-hydrogen) atoms. The van der Waals surface area contributed by atoms with Gasteiger partial charge in [0.15, 0.2) is 11.4 Å². The van der Waals surface area contributed by atoms with Crippen LogP contribution in [0, 0.1) is 11.6 Å². The predicted octanol–water partition coefficient (Wildman–Crippen LogP) is 1.53. The van der Waals surface area contributed by atoms with E-state index in [0.29, 0.717) is 25.6 Å². The maximum absolute atomic E-state index is 13.9. The summed E-state index contributed by atoms with van der Waals surface area (Å²) in [6.45, 7) is 0.485. The van der Waals surface area contributed by atoms with Gasteiger partial charge >= 0.3 is 0 Å². The fourth-order valence-electron chi connectivity index (χ4n) is 5.32. The van der Waals surface area contributed by atoms with Crippen molar-refractivity contribution in [3.05, 3.63) is 62.6 Å². The van der Waals surface area contributed by atoms with Crippen LogP contribution < -0.4 is 10.7 Å². The molecule has 4 heterocycles. The number of aliphatic hydroxyl groups is 1. The molecule has 2 aromatic rings. The SMILES string of the molecule is O=C(NCc1ccc(F)cc1F)c1c2n3c(c(O)c1=O)C(=O)N1CCCC[C@]3(C[C@H]2O)C1. The van der Waals surface area contributed by atoms with Gasteiger partial charge in [-0.25, -0.2) is 8.78 Å². The van der Waals surface area contributed by atoms with Gasteiger partial charge in [-0.3, -0.25) is 14.4 Å². The van der Waals surface area contributed by atoms with Crippen LogP contribution in [0.3, 0.4) is 0 Å². The van der Waals surface area contributed by atoms with Crippen molar-refractivity contribution in [2.24, 2.45) is 0 Å². The van der Waals surface area contributed by atoms with Crippen molar-refractivity contribution in [3.8, 4) is 5.75 Å². The van der Waals surface area contributed by atoms with E-state index in [4.69, 9.17) is 0 Å². The van der Waals surface area contributed by atoms with Gasteiger partial charge in [-0.2, -0.15) is 0 Å². The first kappa shape index (κ1) is 20.6. The molecular weight excluding hydrogens is 424 g/mol. The van der Waals surface area contributed by atoms with E-state index >= 15 is 0 Å². The van der Waals surface area contributed by atoms with Crippen LogP contribution in [0.5, 0.6) is 5.75 Å². The van der Waals surface area contributed by atoms with E-state index in [0.717, 1.165) is 18.9 Å². The number of halogens is 2. The van der Waals surface area contributed by atoms with Crippen molar-refractivity contribution in [1.82, 2.24) is 14.8 Å². The number of fused-ring (bicyclic) bond motifs is 1. The first-order valence-corrected chi connectivity index (χ1v) is 10.5. The zero-order valence-corrected chi connectivity index (χ0v) is 17.0. The molecule has 0 unspecified atom stereocenters. The molecule has 1 fully saturated rings. The van der Waals surface area contributed by atoms with Crippen LogP contribution >= 0.6 is 0 Å². The topological polar surface area (TPSA) is 112 Å². The molecule has 3 aliphatic rings. The number of rotatable bonds is 3. The Morgan fingerprint density at radius 1 is 1.25 bits per heavy atom. The summed E-state index contributed by atoms with van der Waals surface area (Å²) in [5.74, 6) is -3.88. The van der Waals surface area contributed by atoms with Crippen molar-refractivity contribution in [2.75, 3.05) is 13.1 Å². The largest absolute Gasteiger partial charge is 0.503 e. The van der Waals surface area contributed by atoms with E-state index in [2.05, 4.69) is 5.32 Å². The molecule has 8 nitrogen and oxygen atoms in total. The minimum atomic E-state index is -1.18. The van der Waals surface area contributed by atoms with Crippen LogP contribution in [0.4, 0.5) is 8.78 Å². The van der Waals surface area contributed by atoms with E-state index in [-0.39, 0.29) is 29.9 Å². The molecular formula is C22H21F2N3O5. The second-order valence-electron chi connectivity index (χ2n) is 8.67. The molecule has 3 aliphatic heterocycles. The third-order valence-corrected chi connectivity index (χ3v) is 6.73. The maximum Gasteiger partial charge on any atom is 0.274 e. The van der Waals surface area contributed by atoms with E-state index in [1.807, 2.05) is 0 Å².